The summed E-state index contributed by atoms with van der Waals surface area (Å²) in [6.45, 7) is 0. The number of amides is 1. The van der Waals surface area contributed by atoms with Crippen LogP contribution in [-0.2, 0) is 4.79 Å². The van der Waals surface area contributed by atoms with Gasteiger partial charge in [-0.1, -0.05) is 49.6 Å². The second-order valence-corrected chi connectivity index (χ2v) is 8.79. The summed E-state index contributed by atoms with van der Waals surface area (Å²) in [6, 6.07) is 17.3. The van der Waals surface area contributed by atoms with E-state index in [2.05, 4.69) is 0 Å². The van der Waals surface area contributed by atoms with Crippen LogP contribution in [0.15, 0.2) is 64.4 Å². The molecule has 0 saturated heterocycles. The Balaban J connectivity index is 1.71. The van der Waals surface area contributed by atoms with Crippen LogP contribution in [0.25, 0.3) is 0 Å². The zero-order chi connectivity index (χ0) is 18.4. The summed E-state index contributed by atoms with van der Waals surface area (Å²) < 4.78 is 0.00200. The van der Waals surface area contributed by atoms with Crippen molar-refractivity contribution in [2.75, 3.05) is 11.9 Å². The predicted octanol–water partition coefficient (Wildman–Crippen LogP) is 6.23. The number of thioether (sulfide) groups is 2. The molecule has 136 valence electrons. The van der Waals surface area contributed by atoms with Crippen molar-refractivity contribution in [1.29, 1.82) is 0 Å². The van der Waals surface area contributed by atoms with E-state index in [-0.39, 0.29) is 16.3 Å². The number of benzene rings is 2. The fourth-order valence-electron chi connectivity index (χ4n) is 3.26. The van der Waals surface area contributed by atoms with E-state index in [1.807, 2.05) is 61.6 Å². The third-order valence-corrected chi connectivity index (χ3v) is 6.56. The van der Waals surface area contributed by atoms with Crippen LogP contribution >= 0.6 is 23.5 Å². The zero-order valence-electron chi connectivity index (χ0n) is 14.9. The molecule has 26 heavy (non-hydrogen) atoms. The summed E-state index contributed by atoms with van der Waals surface area (Å²) >= 11 is 2.40. The van der Waals surface area contributed by atoms with Gasteiger partial charge in [-0.2, -0.15) is 0 Å². The first-order valence-electron chi connectivity index (χ1n) is 8.96. The molecule has 2 aromatic carbocycles. The molecular formula is C21H23NO2S2. The highest BCUT2D eigenvalue weighted by molar-refractivity contribution is 8.38. The number of hydrogen-bond donors (Lipinski definition) is 0. The first-order chi connectivity index (χ1) is 12.6. The summed E-state index contributed by atoms with van der Waals surface area (Å²) in [5, 5.41) is 0. The van der Waals surface area contributed by atoms with E-state index in [1.54, 1.807) is 4.90 Å². The molecule has 0 radical (unpaired) electrons. The van der Waals surface area contributed by atoms with Crippen LogP contribution in [0.1, 0.15) is 32.1 Å². The number of anilines is 1. The van der Waals surface area contributed by atoms with Crippen molar-refractivity contribution in [2.24, 2.45) is 5.92 Å². The Morgan fingerprint density at radius 1 is 0.885 bits per heavy atom. The van der Waals surface area contributed by atoms with E-state index < -0.39 is 0 Å². The smallest absolute Gasteiger partial charge is 0.255 e. The van der Waals surface area contributed by atoms with E-state index in [0.29, 0.717) is 0 Å². The highest BCUT2D eigenvalue weighted by atomic mass is 32.2. The van der Waals surface area contributed by atoms with Gasteiger partial charge in [-0.05, 0) is 60.6 Å². The maximum Gasteiger partial charge on any atom is 0.255 e. The molecule has 0 bridgehead atoms. The molecule has 1 saturated carbocycles. The van der Waals surface area contributed by atoms with Crippen molar-refractivity contribution in [3.05, 3.63) is 54.6 Å². The van der Waals surface area contributed by atoms with Crippen LogP contribution in [0.3, 0.4) is 0 Å². The minimum atomic E-state index is 0.00200. The first-order valence-corrected chi connectivity index (χ1v) is 10.6. The lowest BCUT2D eigenvalue weighted by atomic mass is 9.88. The third-order valence-electron chi connectivity index (χ3n) is 4.65. The lowest BCUT2D eigenvalue weighted by Gasteiger charge is -2.27. The van der Waals surface area contributed by atoms with E-state index in [1.165, 1.54) is 29.9 Å². The lowest BCUT2D eigenvalue weighted by molar-refractivity contribution is -0.123. The van der Waals surface area contributed by atoms with Crippen molar-refractivity contribution in [2.45, 2.75) is 41.9 Å². The molecule has 0 N–H and O–H groups in total. The number of nitrogens with zero attached hydrogens (tertiary/aromatic N) is 1. The van der Waals surface area contributed by atoms with Crippen molar-refractivity contribution in [1.82, 2.24) is 0 Å². The van der Waals surface area contributed by atoms with E-state index in [0.717, 1.165) is 41.2 Å². The highest BCUT2D eigenvalue weighted by Gasteiger charge is 2.26. The molecule has 3 rings (SSSR count). The van der Waals surface area contributed by atoms with E-state index in [9.17, 15) is 9.59 Å². The quantitative estimate of drug-likeness (QED) is 0.584. The van der Waals surface area contributed by atoms with Crippen LogP contribution in [0, 0.1) is 5.92 Å². The standard InChI is InChI=1S/C21H23NO2S2/c1-22(20(23)16-10-4-2-5-11-16)18-14-8-9-15-19(18)26-21(24)25-17-12-6-3-7-13-17/h3,6-9,12-16H,2,4-5,10-11H2,1H3. The molecule has 2 aromatic rings. The highest BCUT2D eigenvalue weighted by Crippen LogP contribution is 2.37. The number of carbonyl (C=O) groups is 2. The largest absolute Gasteiger partial charge is 0.314 e. The van der Waals surface area contributed by atoms with Gasteiger partial charge in [0.05, 0.1) is 5.69 Å². The minimum Gasteiger partial charge on any atom is -0.314 e. The number of rotatable bonds is 4. The fourth-order valence-corrected chi connectivity index (χ4v) is 5.10. The topological polar surface area (TPSA) is 37.4 Å². The van der Waals surface area contributed by atoms with Crippen molar-refractivity contribution >= 4 is 39.6 Å². The van der Waals surface area contributed by atoms with Gasteiger partial charge in [0.15, 0.2) is 0 Å². The van der Waals surface area contributed by atoms with Gasteiger partial charge < -0.3 is 4.90 Å². The molecule has 1 aliphatic carbocycles. The Hall–Kier alpha value is -1.72. The van der Waals surface area contributed by atoms with Gasteiger partial charge in [-0.25, -0.2) is 0 Å². The number of hydrogen-bond acceptors (Lipinski definition) is 4. The van der Waals surface area contributed by atoms with E-state index in [4.69, 9.17) is 0 Å². The zero-order valence-corrected chi connectivity index (χ0v) is 16.5. The van der Waals surface area contributed by atoms with Crippen LogP contribution in [0.4, 0.5) is 10.5 Å². The van der Waals surface area contributed by atoms with Crippen LogP contribution in [0.2, 0.25) is 0 Å². The normalized spacial score (nSPS) is 14.8. The first kappa shape index (κ1) is 19.1. The van der Waals surface area contributed by atoms with Crippen LogP contribution in [-0.4, -0.2) is 17.4 Å². The molecule has 0 unspecified atom stereocenters. The molecule has 0 atom stereocenters. The average molecular weight is 386 g/mol. The molecule has 5 heteroatoms. The Labute approximate surface area is 163 Å². The Bertz CT molecular complexity index is 758. The second kappa shape index (κ2) is 9.28. The number of para-hydroxylation sites is 1. The molecule has 1 amide bonds. The van der Waals surface area contributed by atoms with Crippen molar-refractivity contribution in [3.8, 4) is 0 Å². The fraction of sp³-hybridized carbons (Fsp3) is 0.333. The van der Waals surface area contributed by atoms with Gasteiger partial charge in [-0.3, -0.25) is 9.59 Å². The third kappa shape index (κ3) is 4.92. The maximum absolute atomic E-state index is 12.9. The van der Waals surface area contributed by atoms with Crippen LogP contribution < -0.4 is 4.90 Å². The van der Waals surface area contributed by atoms with Gasteiger partial charge in [-0.15, -0.1) is 0 Å². The molecule has 1 aliphatic rings. The molecule has 3 nitrogen and oxygen atoms in total. The van der Waals surface area contributed by atoms with Crippen molar-refractivity contribution < 1.29 is 9.59 Å². The molecule has 1 fully saturated rings. The molecule has 0 aliphatic heterocycles. The second-order valence-electron chi connectivity index (χ2n) is 6.47. The van der Waals surface area contributed by atoms with Gasteiger partial charge in [0.1, 0.15) is 0 Å². The molecule has 0 spiro atoms. The summed E-state index contributed by atoms with van der Waals surface area (Å²) in [6.07, 6.45) is 5.44. The molecule has 0 aromatic heterocycles. The number of carbonyl (C=O) groups excluding carboxylic acids is 2. The minimum absolute atomic E-state index is 0.00200. The lowest BCUT2D eigenvalue weighted by Crippen LogP contribution is -2.34. The Morgan fingerprint density at radius 2 is 1.54 bits per heavy atom. The summed E-state index contributed by atoms with van der Waals surface area (Å²) in [5.41, 5.74) is 0.815. The van der Waals surface area contributed by atoms with Gasteiger partial charge in [0.2, 0.25) is 5.91 Å². The summed E-state index contributed by atoms with van der Waals surface area (Å²) in [7, 11) is 1.82. The summed E-state index contributed by atoms with van der Waals surface area (Å²) in [4.78, 5) is 28.8. The monoisotopic (exact) mass is 385 g/mol. The molecular weight excluding hydrogens is 362 g/mol. The average Bonchev–Trinajstić information content (AvgIpc) is 2.68. The van der Waals surface area contributed by atoms with Gasteiger partial charge in [0, 0.05) is 22.8 Å². The SMILES string of the molecule is CN(C(=O)C1CCCCC1)c1ccccc1SC(=O)Sc1ccccc1. The predicted molar refractivity (Wildman–Crippen MR) is 110 cm³/mol. The van der Waals surface area contributed by atoms with Gasteiger partial charge >= 0.3 is 0 Å². The van der Waals surface area contributed by atoms with Crippen LogP contribution in [0.5, 0.6) is 0 Å². The summed E-state index contributed by atoms with van der Waals surface area (Å²) in [5.74, 6) is 0.280. The molecule has 0 heterocycles. The Kier molecular flexibility index (Phi) is 6.80. The Morgan fingerprint density at radius 3 is 2.27 bits per heavy atom. The van der Waals surface area contributed by atoms with Gasteiger partial charge in [0.25, 0.3) is 4.45 Å². The maximum atomic E-state index is 12.9. The van der Waals surface area contributed by atoms with E-state index >= 15 is 0 Å². The van der Waals surface area contributed by atoms with Crippen molar-refractivity contribution in [3.63, 3.8) is 0 Å².